The van der Waals surface area contributed by atoms with E-state index in [0.717, 1.165) is 11.5 Å². The number of aliphatic carboxylic acids is 1. The predicted octanol–water partition coefficient (Wildman–Crippen LogP) is 1.72. The molecule has 0 aliphatic heterocycles. The molecule has 0 saturated carbocycles. The number of rotatable bonds is 7. The molecular formula is C12H18N2O4S. The first-order valence-electron chi connectivity index (χ1n) is 5.95. The minimum absolute atomic E-state index is 0.0611. The lowest BCUT2D eigenvalue weighted by molar-refractivity contribution is -0.137. The number of nitrogens with zero attached hydrogens (tertiary/aromatic N) is 2. The molecule has 19 heavy (non-hydrogen) atoms. The summed E-state index contributed by atoms with van der Waals surface area (Å²) in [6.45, 7) is 4.68. The molecule has 0 atom stereocenters. The molecule has 0 unspecified atom stereocenters. The second-order valence-electron chi connectivity index (χ2n) is 4.52. The summed E-state index contributed by atoms with van der Waals surface area (Å²) in [5.74, 6) is -0.442. The van der Waals surface area contributed by atoms with Crippen LogP contribution in [0.15, 0.2) is 6.07 Å². The van der Waals surface area contributed by atoms with Crippen LogP contribution in [0.5, 0.6) is 5.88 Å². The molecule has 0 aliphatic carbocycles. The van der Waals surface area contributed by atoms with E-state index in [1.54, 1.807) is 11.0 Å². The van der Waals surface area contributed by atoms with Crippen molar-refractivity contribution in [2.45, 2.75) is 20.3 Å². The maximum atomic E-state index is 12.3. The summed E-state index contributed by atoms with van der Waals surface area (Å²) < 4.78 is 8.91. The number of carbonyl (C=O) groups excluding carboxylic acids is 1. The van der Waals surface area contributed by atoms with E-state index in [0.29, 0.717) is 17.3 Å². The fourth-order valence-corrected chi connectivity index (χ4v) is 2.24. The maximum absolute atomic E-state index is 12.3. The van der Waals surface area contributed by atoms with E-state index in [2.05, 4.69) is 4.37 Å². The molecule has 106 valence electrons. The molecule has 1 N–H and O–H groups in total. The minimum atomic E-state index is -0.913. The normalized spacial score (nSPS) is 10.5. The third-order valence-electron chi connectivity index (χ3n) is 2.38. The summed E-state index contributed by atoms with van der Waals surface area (Å²) in [5.41, 5.74) is 0. The van der Waals surface area contributed by atoms with Crippen LogP contribution in [0.3, 0.4) is 0 Å². The number of amides is 1. The van der Waals surface area contributed by atoms with Crippen LogP contribution in [-0.2, 0) is 4.79 Å². The number of carbonyl (C=O) groups is 2. The number of carboxylic acid groups (broad SMARTS) is 1. The van der Waals surface area contributed by atoms with Crippen molar-refractivity contribution in [2.75, 3.05) is 20.2 Å². The van der Waals surface area contributed by atoms with Gasteiger partial charge in [0.25, 0.3) is 5.91 Å². The van der Waals surface area contributed by atoms with Crippen molar-refractivity contribution < 1.29 is 19.4 Å². The third-order valence-corrected chi connectivity index (χ3v) is 3.14. The molecule has 0 bridgehead atoms. The molecule has 1 rings (SSSR count). The molecule has 0 spiro atoms. The molecule has 6 nitrogen and oxygen atoms in total. The van der Waals surface area contributed by atoms with Crippen LogP contribution < -0.4 is 4.74 Å². The Balaban J connectivity index is 2.77. The maximum Gasteiger partial charge on any atom is 0.305 e. The fourth-order valence-electron chi connectivity index (χ4n) is 1.56. The molecule has 0 saturated heterocycles. The Morgan fingerprint density at radius 1 is 1.53 bits per heavy atom. The van der Waals surface area contributed by atoms with Crippen LogP contribution in [0, 0.1) is 5.92 Å². The molecule has 0 aliphatic rings. The van der Waals surface area contributed by atoms with Gasteiger partial charge in [-0.2, -0.15) is 4.37 Å². The van der Waals surface area contributed by atoms with Gasteiger partial charge < -0.3 is 14.7 Å². The van der Waals surface area contributed by atoms with Gasteiger partial charge in [0.05, 0.1) is 13.5 Å². The standard InChI is InChI=1S/C12H18N2O4S/c1-8(2)7-14(5-4-11(15)16)12(17)9-6-10(18-3)13-19-9/h6,8H,4-5,7H2,1-3H3,(H,15,16). The first kappa shape index (κ1) is 15.4. The highest BCUT2D eigenvalue weighted by atomic mass is 32.1. The van der Waals surface area contributed by atoms with E-state index in [9.17, 15) is 9.59 Å². The lowest BCUT2D eigenvalue weighted by Gasteiger charge is -2.23. The first-order valence-corrected chi connectivity index (χ1v) is 6.73. The van der Waals surface area contributed by atoms with Gasteiger partial charge >= 0.3 is 5.97 Å². The zero-order valence-electron chi connectivity index (χ0n) is 11.3. The second kappa shape index (κ2) is 7.08. The van der Waals surface area contributed by atoms with Crippen LogP contribution >= 0.6 is 11.5 Å². The number of hydrogen-bond acceptors (Lipinski definition) is 5. The van der Waals surface area contributed by atoms with Gasteiger partial charge in [-0.1, -0.05) is 13.8 Å². The molecule has 1 amide bonds. The average Bonchev–Trinajstić information content (AvgIpc) is 2.81. The molecule has 1 heterocycles. The van der Waals surface area contributed by atoms with E-state index in [4.69, 9.17) is 9.84 Å². The SMILES string of the molecule is COc1cc(C(=O)N(CCC(=O)O)CC(C)C)sn1. The summed E-state index contributed by atoms with van der Waals surface area (Å²) in [6.07, 6.45) is -0.0611. The Kier molecular flexibility index (Phi) is 5.75. The molecule has 0 fully saturated rings. The van der Waals surface area contributed by atoms with E-state index in [-0.39, 0.29) is 24.8 Å². The lowest BCUT2D eigenvalue weighted by Crippen LogP contribution is -2.35. The molecule has 0 aromatic carbocycles. The highest BCUT2D eigenvalue weighted by molar-refractivity contribution is 7.08. The quantitative estimate of drug-likeness (QED) is 0.825. The van der Waals surface area contributed by atoms with Crippen molar-refractivity contribution in [3.8, 4) is 5.88 Å². The number of aromatic nitrogens is 1. The summed E-state index contributed by atoms with van der Waals surface area (Å²) in [5, 5.41) is 8.72. The van der Waals surface area contributed by atoms with Gasteiger partial charge in [-0.3, -0.25) is 9.59 Å². The van der Waals surface area contributed by atoms with Crippen LogP contribution in [0.4, 0.5) is 0 Å². The molecule has 1 aromatic rings. The van der Waals surface area contributed by atoms with Gasteiger partial charge in [0.2, 0.25) is 5.88 Å². The number of carboxylic acids is 1. The number of methoxy groups -OCH3 is 1. The zero-order chi connectivity index (χ0) is 14.4. The second-order valence-corrected chi connectivity index (χ2v) is 5.33. The average molecular weight is 286 g/mol. The summed E-state index contributed by atoms with van der Waals surface area (Å²) in [6, 6.07) is 1.57. The van der Waals surface area contributed by atoms with Crippen LogP contribution in [-0.4, -0.2) is 46.5 Å². The van der Waals surface area contributed by atoms with Crippen LogP contribution in [0.2, 0.25) is 0 Å². The van der Waals surface area contributed by atoms with Crippen molar-refractivity contribution in [1.82, 2.24) is 9.27 Å². The molecule has 0 radical (unpaired) electrons. The zero-order valence-corrected chi connectivity index (χ0v) is 12.1. The molecular weight excluding hydrogens is 268 g/mol. The smallest absolute Gasteiger partial charge is 0.305 e. The van der Waals surface area contributed by atoms with Crippen LogP contribution in [0.1, 0.15) is 29.9 Å². The number of ether oxygens (including phenoxy) is 1. The summed E-state index contributed by atoms with van der Waals surface area (Å²) in [4.78, 5) is 24.9. The van der Waals surface area contributed by atoms with Gasteiger partial charge in [-0.15, -0.1) is 0 Å². The van der Waals surface area contributed by atoms with E-state index >= 15 is 0 Å². The monoisotopic (exact) mass is 286 g/mol. The van der Waals surface area contributed by atoms with Gasteiger partial charge in [0.15, 0.2) is 0 Å². The molecule has 1 aromatic heterocycles. The predicted molar refractivity (Wildman–Crippen MR) is 71.7 cm³/mol. The van der Waals surface area contributed by atoms with Gasteiger partial charge in [-0.25, -0.2) is 0 Å². The molecule has 7 heteroatoms. The van der Waals surface area contributed by atoms with Crippen molar-refractivity contribution in [3.63, 3.8) is 0 Å². The van der Waals surface area contributed by atoms with Gasteiger partial charge in [0.1, 0.15) is 4.88 Å². The van der Waals surface area contributed by atoms with Gasteiger partial charge in [-0.05, 0) is 17.5 Å². The Bertz CT molecular complexity index is 445. The Labute approximate surface area is 116 Å². The van der Waals surface area contributed by atoms with E-state index in [1.165, 1.54) is 7.11 Å². The fraction of sp³-hybridized carbons (Fsp3) is 0.583. The Morgan fingerprint density at radius 3 is 2.68 bits per heavy atom. The van der Waals surface area contributed by atoms with E-state index < -0.39 is 5.97 Å². The summed E-state index contributed by atoms with van der Waals surface area (Å²) >= 11 is 1.06. The Hall–Kier alpha value is -1.63. The van der Waals surface area contributed by atoms with Crippen LogP contribution in [0.25, 0.3) is 0 Å². The van der Waals surface area contributed by atoms with Crippen molar-refractivity contribution in [2.24, 2.45) is 5.92 Å². The minimum Gasteiger partial charge on any atom is -0.481 e. The van der Waals surface area contributed by atoms with Crippen molar-refractivity contribution in [3.05, 3.63) is 10.9 Å². The number of hydrogen-bond donors (Lipinski definition) is 1. The van der Waals surface area contributed by atoms with Gasteiger partial charge in [0, 0.05) is 19.2 Å². The highest BCUT2D eigenvalue weighted by Crippen LogP contribution is 2.18. The first-order chi connectivity index (χ1) is 8.93. The Morgan fingerprint density at radius 2 is 2.21 bits per heavy atom. The largest absolute Gasteiger partial charge is 0.481 e. The van der Waals surface area contributed by atoms with Crippen molar-refractivity contribution in [1.29, 1.82) is 0 Å². The van der Waals surface area contributed by atoms with Crippen molar-refractivity contribution >= 4 is 23.4 Å². The van der Waals surface area contributed by atoms with E-state index in [1.807, 2.05) is 13.8 Å². The third kappa shape index (κ3) is 4.86. The topological polar surface area (TPSA) is 79.7 Å². The summed E-state index contributed by atoms with van der Waals surface area (Å²) in [7, 11) is 1.49. The lowest BCUT2D eigenvalue weighted by atomic mass is 10.2. The highest BCUT2D eigenvalue weighted by Gasteiger charge is 2.20.